The lowest BCUT2D eigenvalue weighted by Gasteiger charge is -2.34. The number of benzene rings is 2. The standard InChI is InChI=1S/C25H27ClFN5O2/c26-17-5-8-21(16(11-17)14-27)30-18-6-9-23(33)20(13-18)22-7-4-15(24(28)31-22)12-19-3-1-2-10-32(19)25(29)34/h4-9,11,13,19,30,33H,1-3,10,12,14H2,(H2,28,31)(H2,29,34). The molecule has 3 aromatic rings. The van der Waals surface area contributed by atoms with E-state index >= 15 is 0 Å². The molecule has 34 heavy (non-hydrogen) atoms. The van der Waals surface area contributed by atoms with E-state index in [2.05, 4.69) is 10.3 Å². The normalized spacial score (nSPS) is 15.8. The van der Waals surface area contributed by atoms with Gasteiger partial charge in [0.15, 0.2) is 0 Å². The van der Waals surface area contributed by atoms with E-state index < -0.39 is 12.7 Å². The second kappa shape index (κ2) is 10.2. The van der Waals surface area contributed by atoms with Gasteiger partial charge in [0.2, 0.25) is 0 Å². The van der Waals surface area contributed by atoms with Crippen LogP contribution in [0.25, 0.3) is 11.3 Å². The van der Waals surface area contributed by atoms with Gasteiger partial charge in [-0.3, -0.25) is 0 Å². The van der Waals surface area contributed by atoms with Crippen LogP contribution in [0.1, 0.15) is 30.4 Å². The van der Waals surface area contributed by atoms with Gasteiger partial charge in [0.05, 0.1) is 5.69 Å². The Morgan fingerprint density at radius 2 is 2.00 bits per heavy atom. The minimum atomic E-state index is -0.665. The van der Waals surface area contributed by atoms with Crippen LogP contribution in [0.2, 0.25) is 5.02 Å². The largest absolute Gasteiger partial charge is 0.507 e. The molecule has 0 spiro atoms. The Balaban J connectivity index is 1.57. The van der Waals surface area contributed by atoms with Crippen LogP contribution in [0.15, 0.2) is 48.5 Å². The molecule has 2 aromatic carbocycles. The molecule has 178 valence electrons. The van der Waals surface area contributed by atoms with Gasteiger partial charge < -0.3 is 26.8 Å². The number of rotatable bonds is 6. The molecule has 0 bridgehead atoms. The molecule has 0 aliphatic carbocycles. The third kappa shape index (κ3) is 5.17. The molecule has 1 aliphatic heterocycles. The predicted octanol–water partition coefficient (Wildman–Crippen LogP) is 5.38. The number of likely N-dealkylation sites (tertiary alicyclic amines) is 1. The Bertz CT molecular complexity index is 1210. The number of nitrogens with zero attached hydrogens (tertiary/aromatic N) is 2. The number of halogens is 2. The summed E-state index contributed by atoms with van der Waals surface area (Å²) >= 11 is 5.96. The number of alkyl halides is 1. The van der Waals surface area contributed by atoms with Crippen molar-refractivity contribution in [1.29, 1.82) is 0 Å². The summed E-state index contributed by atoms with van der Waals surface area (Å²) < 4.78 is 13.4. The fraction of sp³-hybridized carbons (Fsp3) is 0.280. The van der Waals surface area contributed by atoms with Crippen molar-refractivity contribution in [2.24, 2.45) is 5.73 Å². The van der Waals surface area contributed by atoms with Crippen LogP contribution in [-0.2, 0) is 13.1 Å². The van der Waals surface area contributed by atoms with Gasteiger partial charge in [0.25, 0.3) is 0 Å². The van der Waals surface area contributed by atoms with E-state index in [4.69, 9.17) is 23.1 Å². The number of pyridine rings is 1. The van der Waals surface area contributed by atoms with E-state index in [1.807, 2.05) is 6.07 Å². The molecule has 1 aliphatic rings. The van der Waals surface area contributed by atoms with Crippen molar-refractivity contribution < 1.29 is 14.3 Å². The molecule has 0 saturated carbocycles. The van der Waals surface area contributed by atoms with Gasteiger partial charge in [0.1, 0.15) is 18.2 Å². The molecule has 7 nitrogen and oxygen atoms in total. The number of amides is 2. The molecule has 1 saturated heterocycles. The van der Waals surface area contributed by atoms with Crippen LogP contribution >= 0.6 is 11.6 Å². The Kier molecular flexibility index (Phi) is 7.07. The molecule has 1 aromatic heterocycles. The first-order valence-electron chi connectivity index (χ1n) is 11.1. The van der Waals surface area contributed by atoms with Gasteiger partial charge in [0, 0.05) is 40.1 Å². The molecule has 6 N–H and O–H groups in total. The zero-order valence-electron chi connectivity index (χ0n) is 18.6. The molecule has 9 heteroatoms. The van der Waals surface area contributed by atoms with Crippen LogP contribution in [0, 0.1) is 0 Å². The number of aromatic nitrogens is 1. The van der Waals surface area contributed by atoms with Crippen LogP contribution in [0.4, 0.5) is 26.4 Å². The fourth-order valence-corrected chi connectivity index (χ4v) is 4.55. The van der Waals surface area contributed by atoms with Gasteiger partial charge in [-0.25, -0.2) is 14.2 Å². The number of nitrogens with two attached hydrogens (primary N) is 2. The number of anilines is 3. The van der Waals surface area contributed by atoms with Gasteiger partial charge in [-0.1, -0.05) is 17.7 Å². The summed E-state index contributed by atoms with van der Waals surface area (Å²) in [4.78, 5) is 18.0. The lowest BCUT2D eigenvalue weighted by Crippen LogP contribution is -2.47. The Labute approximate surface area is 202 Å². The van der Waals surface area contributed by atoms with E-state index in [1.54, 1.807) is 47.4 Å². The average molecular weight is 484 g/mol. The summed E-state index contributed by atoms with van der Waals surface area (Å²) in [6.07, 6.45) is 3.41. The summed E-state index contributed by atoms with van der Waals surface area (Å²) in [6.45, 7) is -0.0155. The molecule has 1 unspecified atom stereocenters. The smallest absolute Gasteiger partial charge is 0.315 e. The highest BCUT2D eigenvalue weighted by Crippen LogP contribution is 2.34. The summed E-state index contributed by atoms with van der Waals surface area (Å²) in [6, 6.07) is 13.1. The molecule has 1 atom stereocenters. The first kappa shape index (κ1) is 23.6. The summed E-state index contributed by atoms with van der Waals surface area (Å²) in [7, 11) is 0. The van der Waals surface area contributed by atoms with Crippen molar-refractivity contribution in [3.63, 3.8) is 0 Å². The van der Waals surface area contributed by atoms with E-state index in [9.17, 15) is 14.3 Å². The first-order valence-corrected chi connectivity index (χ1v) is 11.5. The monoisotopic (exact) mass is 483 g/mol. The van der Waals surface area contributed by atoms with E-state index in [0.717, 1.165) is 24.8 Å². The highest BCUT2D eigenvalue weighted by Gasteiger charge is 2.26. The number of primary amides is 1. The van der Waals surface area contributed by atoms with Gasteiger partial charge in [-0.15, -0.1) is 0 Å². The van der Waals surface area contributed by atoms with Crippen LogP contribution < -0.4 is 16.8 Å². The van der Waals surface area contributed by atoms with E-state index in [-0.39, 0.29) is 11.8 Å². The number of piperidine rings is 1. The Morgan fingerprint density at radius 1 is 1.18 bits per heavy atom. The lowest BCUT2D eigenvalue weighted by atomic mass is 9.95. The fourth-order valence-electron chi connectivity index (χ4n) is 4.35. The summed E-state index contributed by atoms with van der Waals surface area (Å²) in [5.74, 6) is 0.377. The first-order chi connectivity index (χ1) is 16.4. The van der Waals surface area contributed by atoms with Crippen molar-refractivity contribution in [3.05, 3.63) is 64.7 Å². The predicted molar refractivity (Wildman–Crippen MR) is 133 cm³/mol. The average Bonchev–Trinajstić information content (AvgIpc) is 2.83. The van der Waals surface area contributed by atoms with Crippen molar-refractivity contribution in [2.75, 3.05) is 17.6 Å². The maximum atomic E-state index is 13.4. The SMILES string of the molecule is NC(=O)N1CCCCC1Cc1ccc(-c2cc(Nc3ccc(Cl)cc3CF)ccc2O)nc1N. The van der Waals surface area contributed by atoms with E-state index in [1.165, 1.54) is 0 Å². The number of phenols is 1. The Morgan fingerprint density at radius 3 is 2.74 bits per heavy atom. The quantitative estimate of drug-likeness (QED) is 0.351. The highest BCUT2D eigenvalue weighted by molar-refractivity contribution is 6.30. The number of nitrogens with one attached hydrogen (secondary N) is 1. The lowest BCUT2D eigenvalue weighted by molar-refractivity contribution is 0.159. The van der Waals surface area contributed by atoms with Crippen molar-refractivity contribution in [1.82, 2.24) is 9.88 Å². The van der Waals surface area contributed by atoms with Crippen molar-refractivity contribution >= 4 is 34.8 Å². The summed E-state index contributed by atoms with van der Waals surface area (Å²) in [5, 5.41) is 14.1. The maximum Gasteiger partial charge on any atom is 0.315 e. The van der Waals surface area contributed by atoms with Crippen LogP contribution in [0.5, 0.6) is 5.75 Å². The molecular formula is C25H27ClFN5O2. The molecular weight excluding hydrogens is 457 g/mol. The van der Waals surface area contributed by atoms with Gasteiger partial charge in [-0.2, -0.15) is 0 Å². The summed E-state index contributed by atoms with van der Waals surface area (Å²) in [5.41, 5.74) is 15.3. The van der Waals surface area contributed by atoms with Crippen LogP contribution in [-0.4, -0.2) is 33.6 Å². The molecule has 1 fully saturated rings. The number of phenolic OH excluding ortho intramolecular Hbond substituents is 1. The molecule has 2 amide bonds. The third-order valence-corrected chi connectivity index (χ3v) is 6.38. The topological polar surface area (TPSA) is 118 Å². The van der Waals surface area contributed by atoms with Gasteiger partial charge >= 0.3 is 6.03 Å². The number of hydrogen-bond acceptors (Lipinski definition) is 5. The molecule has 2 heterocycles. The van der Waals surface area contributed by atoms with Crippen molar-refractivity contribution in [3.8, 4) is 17.0 Å². The number of carbonyl (C=O) groups is 1. The van der Waals surface area contributed by atoms with Crippen LogP contribution in [0.3, 0.4) is 0 Å². The minimum Gasteiger partial charge on any atom is -0.507 e. The molecule has 0 radical (unpaired) electrons. The second-order valence-corrected chi connectivity index (χ2v) is 8.85. The van der Waals surface area contributed by atoms with Gasteiger partial charge in [-0.05, 0) is 73.7 Å². The van der Waals surface area contributed by atoms with E-state index in [0.29, 0.717) is 52.0 Å². The number of nitrogen functional groups attached to an aromatic ring is 1. The Hall–Kier alpha value is -3.52. The highest BCUT2D eigenvalue weighted by atomic mass is 35.5. The third-order valence-electron chi connectivity index (χ3n) is 6.14. The maximum absolute atomic E-state index is 13.4. The number of hydrogen-bond donors (Lipinski definition) is 4. The second-order valence-electron chi connectivity index (χ2n) is 8.42. The zero-order valence-corrected chi connectivity index (χ0v) is 19.4. The molecule has 4 rings (SSSR count). The van der Waals surface area contributed by atoms with Crippen molar-refractivity contribution in [2.45, 2.75) is 38.4 Å². The zero-order chi connectivity index (χ0) is 24.2. The minimum absolute atomic E-state index is 0.00814. The number of aromatic hydroxyl groups is 1. The number of urea groups is 1. The number of carbonyl (C=O) groups excluding carboxylic acids is 1.